The minimum Gasteiger partial charge on any atom is -0.223 e. The summed E-state index contributed by atoms with van der Waals surface area (Å²) in [5.74, 6) is -3.86. The van der Waals surface area contributed by atoms with Crippen LogP contribution < -0.4 is 0 Å². The Morgan fingerprint density at radius 1 is 0.952 bits per heavy atom. The Balaban J connectivity index is 2.17. The zero-order valence-electron chi connectivity index (χ0n) is 10.0. The molecular weight excluding hydrogens is 309 g/mol. The van der Waals surface area contributed by atoms with E-state index < -0.39 is 17.5 Å². The first kappa shape index (κ1) is 13.4. The largest absolute Gasteiger partial charge is 0.256 e. The molecule has 0 aliphatic rings. The Bertz CT molecular complexity index is 808. The summed E-state index contributed by atoms with van der Waals surface area (Å²) < 4.78 is 41.1. The number of rotatable bonds is 2. The smallest absolute Gasteiger partial charge is 0.223 e. The van der Waals surface area contributed by atoms with E-state index in [1.165, 1.54) is 12.7 Å². The summed E-state index contributed by atoms with van der Waals surface area (Å²) in [6.45, 7) is 0. The van der Waals surface area contributed by atoms with Gasteiger partial charge in [0.25, 0.3) is 5.95 Å². The molecule has 0 radical (unpaired) electrons. The quantitative estimate of drug-likeness (QED) is 0.678. The highest BCUT2D eigenvalue weighted by molar-refractivity contribution is 6.28. The van der Waals surface area contributed by atoms with Gasteiger partial charge in [-0.25, -0.2) is 18.2 Å². The molecule has 0 unspecified atom stereocenters. The van der Waals surface area contributed by atoms with Gasteiger partial charge in [0.1, 0.15) is 18.5 Å². The summed E-state index contributed by atoms with van der Waals surface area (Å²) in [5.41, 5.74) is -0.348. The van der Waals surface area contributed by atoms with Gasteiger partial charge in [-0.15, -0.1) is 0 Å². The van der Waals surface area contributed by atoms with Crippen LogP contribution in [-0.2, 0) is 0 Å². The molecule has 0 aliphatic carbocycles. The lowest BCUT2D eigenvalue weighted by Gasteiger charge is -2.05. The average Bonchev–Trinajstić information content (AvgIpc) is 2.96. The van der Waals surface area contributed by atoms with Crippen LogP contribution in [0.5, 0.6) is 0 Å². The van der Waals surface area contributed by atoms with Gasteiger partial charge in [-0.3, -0.25) is 0 Å². The van der Waals surface area contributed by atoms with Crippen LogP contribution in [0.1, 0.15) is 0 Å². The molecule has 3 aromatic rings. The molecule has 106 valence electrons. The van der Waals surface area contributed by atoms with Crippen molar-refractivity contribution < 1.29 is 13.2 Å². The van der Waals surface area contributed by atoms with E-state index >= 15 is 0 Å². The summed E-state index contributed by atoms with van der Waals surface area (Å²) in [7, 11) is 0. The van der Waals surface area contributed by atoms with Crippen LogP contribution >= 0.6 is 11.6 Å². The fraction of sp³-hybridized carbons (Fsp3) is 0. The molecular formula is C11H4ClF3N6. The normalized spacial score (nSPS) is 10.9. The van der Waals surface area contributed by atoms with E-state index in [-0.39, 0.29) is 22.6 Å². The van der Waals surface area contributed by atoms with Crippen LogP contribution in [0.2, 0.25) is 5.28 Å². The number of hydrogen-bond donors (Lipinski definition) is 0. The second-order valence-electron chi connectivity index (χ2n) is 3.81. The molecule has 0 amide bonds. The average molecular weight is 313 g/mol. The summed E-state index contributed by atoms with van der Waals surface area (Å²) >= 11 is 5.73. The van der Waals surface area contributed by atoms with Gasteiger partial charge in [-0.2, -0.15) is 24.7 Å². The van der Waals surface area contributed by atoms with Gasteiger partial charge < -0.3 is 0 Å². The van der Waals surface area contributed by atoms with Crippen LogP contribution in [0.4, 0.5) is 13.2 Å². The van der Waals surface area contributed by atoms with E-state index in [2.05, 4.69) is 25.0 Å². The zero-order valence-corrected chi connectivity index (χ0v) is 10.8. The molecule has 0 bridgehead atoms. The van der Waals surface area contributed by atoms with Crippen molar-refractivity contribution in [2.24, 2.45) is 0 Å². The van der Waals surface area contributed by atoms with Crippen LogP contribution in [0, 0.1) is 17.5 Å². The first-order valence-electron chi connectivity index (χ1n) is 5.46. The van der Waals surface area contributed by atoms with Gasteiger partial charge in [0, 0.05) is 6.07 Å². The third-order valence-corrected chi connectivity index (χ3v) is 2.64. The fourth-order valence-electron chi connectivity index (χ4n) is 1.57. The van der Waals surface area contributed by atoms with Crippen LogP contribution in [0.3, 0.4) is 0 Å². The maximum atomic E-state index is 13.7. The minimum atomic E-state index is -1.31. The third-order valence-electron chi connectivity index (χ3n) is 2.47. The predicted molar refractivity (Wildman–Crippen MR) is 65.1 cm³/mol. The Morgan fingerprint density at radius 2 is 1.71 bits per heavy atom. The van der Waals surface area contributed by atoms with Gasteiger partial charge in [-0.05, 0) is 17.7 Å². The second kappa shape index (κ2) is 5.09. The molecule has 1 aromatic carbocycles. The molecule has 3 rings (SSSR count). The maximum absolute atomic E-state index is 13.7. The maximum Gasteiger partial charge on any atom is 0.256 e. The van der Waals surface area contributed by atoms with Gasteiger partial charge in [0.2, 0.25) is 5.28 Å². The summed E-state index contributed by atoms with van der Waals surface area (Å²) in [6, 6.07) is 1.04. The van der Waals surface area contributed by atoms with Gasteiger partial charge in [0.15, 0.2) is 17.5 Å². The highest BCUT2D eigenvalue weighted by Crippen LogP contribution is 2.23. The molecule has 0 N–H and O–H groups in total. The Labute approximate surface area is 120 Å². The molecule has 0 spiro atoms. The van der Waals surface area contributed by atoms with E-state index in [0.717, 1.165) is 4.68 Å². The second-order valence-corrected chi connectivity index (χ2v) is 4.15. The van der Waals surface area contributed by atoms with Crippen molar-refractivity contribution in [3.05, 3.63) is 47.5 Å². The number of nitrogens with zero attached hydrogens (tertiary/aromatic N) is 6. The highest BCUT2D eigenvalue weighted by Gasteiger charge is 2.16. The predicted octanol–water partition coefficient (Wildman–Crippen LogP) is 2.19. The Hall–Kier alpha value is -2.55. The summed E-state index contributed by atoms with van der Waals surface area (Å²) in [4.78, 5) is 15.1. The summed E-state index contributed by atoms with van der Waals surface area (Å²) in [6.07, 6.45) is 2.52. The number of hydrogen-bond acceptors (Lipinski definition) is 5. The summed E-state index contributed by atoms with van der Waals surface area (Å²) in [5, 5.41) is 3.53. The topological polar surface area (TPSA) is 69.4 Å². The standard InChI is InChI=1S/C11H4ClF3N6/c12-10-18-9(5-1-7(14)8(15)2-6(5)13)19-11(20-10)21-4-16-3-17-21/h1-4H. The number of benzene rings is 1. The fourth-order valence-corrected chi connectivity index (χ4v) is 1.72. The monoisotopic (exact) mass is 312 g/mol. The molecule has 0 fully saturated rings. The van der Waals surface area contributed by atoms with Crippen LogP contribution in [-0.4, -0.2) is 29.7 Å². The van der Waals surface area contributed by atoms with Crippen molar-refractivity contribution in [3.63, 3.8) is 0 Å². The van der Waals surface area contributed by atoms with Crippen molar-refractivity contribution in [2.45, 2.75) is 0 Å². The number of halogens is 4. The van der Waals surface area contributed by atoms with Crippen molar-refractivity contribution >= 4 is 11.6 Å². The lowest BCUT2D eigenvalue weighted by Crippen LogP contribution is -2.06. The molecule has 6 nitrogen and oxygen atoms in total. The molecule has 0 saturated carbocycles. The van der Waals surface area contributed by atoms with Crippen molar-refractivity contribution in [1.29, 1.82) is 0 Å². The zero-order chi connectivity index (χ0) is 15.0. The Morgan fingerprint density at radius 3 is 2.43 bits per heavy atom. The van der Waals surface area contributed by atoms with Crippen LogP contribution in [0.15, 0.2) is 24.8 Å². The van der Waals surface area contributed by atoms with E-state index in [1.807, 2.05) is 0 Å². The minimum absolute atomic E-state index is 0.0355. The molecule has 10 heteroatoms. The molecule has 0 atom stereocenters. The van der Waals surface area contributed by atoms with Gasteiger partial charge in [0.05, 0.1) is 5.56 Å². The van der Waals surface area contributed by atoms with E-state index in [0.29, 0.717) is 12.1 Å². The lowest BCUT2D eigenvalue weighted by molar-refractivity contribution is 0.496. The van der Waals surface area contributed by atoms with Gasteiger partial charge in [-0.1, -0.05) is 0 Å². The lowest BCUT2D eigenvalue weighted by atomic mass is 10.2. The number of aromatic nitrogens is 6. The Kier molecular flexibility index (Phi) is 3.26. The van der Waals surface area contributed by atoms with Crippen molar-refractivity contribution in [3.8, 4) is 17.3 Å². The third kappa shape index (κ3) is 2.55. The first-order valence-corrected chi connectivity index (χ1v) is 5.84. The van der Waals surface area contributed by atoms with E-state index in [9.17, 15) is 13.2 Å². The molecule has 2 aromatic heterocycles. The molecule has 0 aliphatic heterocycles. The van der Waals surface area contributed by atoms with Crippen molar-refractivity contribution in [1.82, 2.24) is 29.7 Å². The molecule has 0 saturated heterocycles. The van der Waals surface area contributed by atoms with Gasteiger partial charge >= 0.3 is 0 Å². The highest BCUT2D eigenvalue weighted by atomic mass is 35.5. The van der Waals surface area contributed by atoms with Crippen molar-refractivity contribution in [2.75, 3.05) is 0 Å². The molecule has 2 heterocycles. The van der Waals surface area contributed by atoms with Crippen LogP contribution in [0.25, 0.3) is 17.3 Å². The SMILES string of the molecule is Fc1cc(F)c(-c2nc(Cl)nc(-n3cncn3)n2)cc1F. The van der Waals surface area contributed by atoms with E-state index in [4.69, 9.17) is 11.6 Å². The van der Waals surface area contributed by atoms with E-state index in [1.54, 1.807) is 0 Å². The first-order chi connectivity index (χ1) is 10.0. The molecule has 21 heavy (non-hydrogen) atoms.